The fourth-order valence-electron chi connectivity index (χ4n) is 9.93. The molecule has 0 aliphatic heterocycles. The van der Waals surface area contributed by atoms with Gasteiger partial charge in [-0.05, 0) is 173 Å². The summed E-state index contributed by atoms with van der Waals surface area (Å²) in [7, 11) is -10.0. The minimum atomic E-state index is -5.02. The van der Waals surface area contributed by atoms with E-state index in [2.05, 4.69) is 161 Å². The highest BCUT2D eigenvalue weighted by Gasteiger charge is 2.30. The molecule has 0 bridgehead atoms. The van der Waals surface area contributed by atoms with E-state index in [-0.39, 0.29) is 25.7 Å². The molecule has 0 amide bonds. The monoisotopic (exact) mass is 1520 g/mol. The van der Waals surface area contributed by atoms with E-state index in [9.17, 15) is 43.2 Å². The maximum atomic E-state index is 13.1. The first-order valence-corrected chi connectivity index (χ1v) is 43.4. The molecule has 3 N–H and O–H groups in total. The number of carbonyl (C=O) groups excluding carboxylic acids is 4. The third-order valence-electron chi connectivity index (χ3n) is 16.1. The summed E-state index contributed by atoms with van der Waals surface area (Å²) in [5.74, 6) is -2.40. The first-order valence-electron chi connectivity index (χ1n) is 40.4. The van der Waals surface area contributed by atoms with Gasteiger partial charge in [-0.2, -0.15) is 0 Å². The Hall–Kier alpha value is -5.58. The lowest BCUT2D eigenvalue weighted by atomic mass is 10.1. The quantitative estimate of drug-likeness (QED) is 0.0169. The van der Waals surface area contributed by atoms with Gasteiger partial charge in [0.25, 0.3) is 0 Å². The van der Waals surface area contributed by atoms with Crippen molar-refractivity contribution in [2.24, 2.45) is 0 Å². The Balaban J connectivity index is 5.55. The number of rotatable bonds is 74. The lowest BCUT2D eigenvalue weighted by molar-refractivity contribution is -0.161. The Labute approximate surface area is 642 Å². The molecule has 0 radical (unpaired) electrons. The van der Waals surface area contributed by atoms with E-state index in [4.69, 9.17) is 37.0 Å². The van der Waals surface area contributed by atoms with Gasteiger partial charge in [0, 0.05) is 25.7 Å². The van der Waals surface area contributed by atoms with Crippen molar-refractivity contribution < 1.29 is 80.2 Å². The first kappa shape index (κ1) is 100. The van der Waals surface area contributed by atoms with Crippen molar-refractivity contribution in [3.63, 3.8) is 0 Å². The molecule has 0 aromatic rings. The van der Waals surface area contributed by atoms with Crippen LogP contribution in [0.15, 0.2) is 170 Å². The van der Waals surface area contributed by atoms with E-state index in [1.54, 1.807) is 0 Å². The van der Waals surface area contributed by atoms with Crippen LogP contribution in [0.5, 0.6) is 0 Å². The van der Waals surface area contributed by atoms with Gasteiger partial charge in [-0.15, -0.1) is 0 Å². The summed E-state index contributed by atoms with van der Waals surface area (Å²) in [5, 5.41) is 10.6. The van der Waals surface area contributed by atoms with Gasteiger partial charge in [-0.3, -0.25) is 37.3 Å². The summed E-state index contributed by atoms with van der Waals surface area (Å²) in [6.45, 7) is 4.54. The highest BCUT2D eigenvalue weighted by molar-refractivity contribution is 7.47. The standard InChI is InChI=1S/C87H142O17P2/c1-5-9-13-17-21-25-29-33-37-40-44-48-52-56-60-64-68-72-85(90)98-78-83(104-87(92)74-70-66-62-58-54-50-46-42-39-35-31-27-23-19-15-11-7-3)80-102-106(95,96)100-76-81(88)75-99-105(93,94)101-79-82(77-97-84(89)71-67-63-59-55-51-47-43-36-32-28-24-20-16-12-8-4)103-86(91)73-69-65-61-57-53-49-45-41-38-34-30-26-22-18-14-10-6-2/h21-28,33-39,43-46,48-50,56-58,60-62,81-83,88H,5-20,29-32,40-42,47,51-55,59,63-80H2,1-4H3,(H,93,94)(H,95,96)/t81?,82-,83-/m1/s1. The van der Waals surface area contributed by atoms with Crippen LogP contribution in [0, 0.1) is 0 Å². The topological polar surface area (TPSA) is 237 Å². The van der Waals surface area contributed by atoms with E-state index in [1.807, 2.05) is 36.5 Å². The summed E-state index contributed by atoms with van der Waals surface area (Å²) in [4.78, 5) is 73.0. The molecule has 3 unspecified atom stereocenters. The highest BCUT2D eigenvalue weighted by Crippen LogP contribution is 2.45. The van der Waals surface area contributed by atoms with Crippen LogP contribution in [0.3, 0.4) is 0 Å². The van der Waals surface area contributed by atoms with Crippen LogP contribution in [0.4, 0.5) is 0 Å². The zero-order valence-corrected chi connectivity index (χ0v) is 67.6. The number of aliphatic hydroxyl groups excluding tert-OH is 1. The minimum absolute atomic E-state index is 0.000270. The van der Waals surface area contributed by atoms with Gasteiger partial charge in [-0.25, -0.2) is 9.13 Å². The Morgan fingerprint density at radius 3 is 0.745 bits per heavy atom. The van der Waals surface area contributed by atoms with Gasteiger partial charge >= 0.3 is 39.5 Å². The molecule has 0 aliphatic rings. The molecule has 5 atom stereocenters. The molecule has 0 heterocycles. The van der Waals surface area contributed by atoms with E-state index >= 15 is 0 Å². The molecule has 0 spiro atoms. The van der Waals surface area contributed by atoms with Crippen molar-refractivity contribution >= 4 is 39.5 Å². The normalized spacial score (nSPS) is 14.7. The average Bonchev–Trinajstić information content (AvgIpc) is 0.905. The van der Waals surface area contributed by atoms with Crippen molar-refractivity contribution in [3.05, 3.63) is 170 Å². The molecule has 17 nitrogen and oxygen atoms in total. The first-order chi connectivity index (χ1) is 51.7. The van der Waals surface area contributed by atoms with Crippen LogP contribution in [-0.2, 0) is 65.4 Å². The van der Waals surface area contributed by atoms with Crippen LogP contribution in [0.1, 0.15) is 297 Å². The van der Waals surface area contributed by atoms with Crippen LogP contribution in [-0.4, -0.2) is 96.7 Å². The fraction of sp³-hybridized carbons (Fsp3) is 0.632. The highest BCUT2D eigenvalue weighted by atomic mass is 31.2. The summed E-state index contributed by atoms with van der Waals surface area (Å²) < 4.78 is 68.4. The van der Waals surface area contributed by atoms with Gasteiger partial charge < -0.3 is 33.8 Å². The molecule has 0 aromatic heterocycles. The molecule has 19 heteroatoms. The van der Waals surface area contributed by atoms with E-state index < -0.39 is 97.5 Å². The number of allylic oxidation sites excluding steroid dienone is 28. The molecule has 0 saturated heterocycles. The van der Waals surface area contributed by atoms with E-state index in [0.29, 0.717) is 44.9 Å². The summed E-state index contributed by atoms with van der Waals surface area (Å²) in [5.41, 5.74) is 0. The Kier molecular flexibility index (Phi) is 73.5. The Morgan fingerprint density at radius 1 is 0.264 bits per heavy atom. The Bertz CT molecular complexity index is 2680. The molecular weight excluding hydrogens is 1380 g/mol. The van der Waals surface area contributed by atoms with Gasteiger partial charge in [0.2, 0.25) is 0 Å². The van der Waals surface area contributed by atoms with E-state index in [1.165, 1.54) is 77.0 Å². The van der Waals surface area contributed by atoms with Crippen LogP contribution >= 0.6 is 15.6 Å². The molecule has 602 valence electrons. The second-order valence-electron chi connectivity index (χ2n) is 26.3. The van der Waals surface area contributed by atoms with Gasteiger partial charge in [0.15, 0.2) is 12.2 Å². The lowest BCUT2D eigenvalue weighted by Crippen LogP contribution is -2.30. The van der Waals surface area contributed by atoms with Gasteiger partial charge in [0.1, 0.15) is 19.3 Å². The lowest BCUT2D eigenvalue weighted by Gasteiger charge is -2.21. The van der Waals surface area contributed by atoms with Crippen LogP contribution < -0.4 is 0 Å². The van der Waals surface area contributed by atoms with Crippen molar-refractivity contribution in [2.75, 3.05) is 39.6 Å². The predicted octanol–water partition coefficient (Wildman–Crippen LogP) is 23.8. The molecule has 0 aromatic carbocycles. The summed E-state index contributed by atoms with van der Waals surface area (Å²) >= 11 is 0. The fourth-order valence-corrected chi connectivity index (χ4v) is 11.5. The number of esters is 4. The van der Waals surface area contributed by atoms with Crippen molar-refractivity contribution in [1.29, 1.82) is 0 Å². The van der Waals surface area contributed by atoms with Crippen LogP contribution in [0.2, 0.25) is 0 Å². The molecule has 0 aliphatic carbocycles. The number of unbranched alkanes of at least 4 members (excludes halogenated alkanes) is 20. The van der Waals surface area contributed by atoms with Crippen LogP contribution in [0.25, 0.3) is 0 Å². The zero-order chi connectivity index (χ0) is 77.4. The number of aliphatic hydroxyl groups is 1. The molecular formula is C87H142O17P2. The second kappa shape index (κ2) is 77.6. The maximum absolute atomic E-state index is 13.1. The van der Waals surface area contributed by atoms with Gasteiger partial charge in [0.05, 0.1) is 26.4 Å². The number of phosphoric acid groups is 2. The number of ether oxygens (including phenoxy) is 4. The number of hydrogen-bond acceptors (Lipinski definition) is 15. The number of carbonyl (C=O) groups is 4. The van der Waals surface area contributed by atoms with Gasteiger partial charge in [-0.1, -0.05) is 268 Å². The maximum Gasteiger partial charge on any atom is 0.472 e. The number of hydrogen-bond donors (Lipinski definition) is 3. The smallest absolute Gasteiger partial charge is 0.462 e. The summed E-state index contributed by atoms with van der Waals surface area (Å²) in [6, 6.07) is 0. The molecule has 0 rings (SSSR count). The Morgan fingerprint density at radius 2 is 0.472 bits per heavy atom. The van der Waals surface area contributed by atoms with E-state index in [0.717, 1.165) is 122 Å². The SMILES string of the molecule is CCCCCC=CCC=CCC=CCC=CCCCC(=O)OC[C@H](COP(=O)(O)OCC(O)COP(=O)(O)OC[C@@H](COC(=O)CCCCCCCC=CCC=CCCCCC)OC(=O)CCCC=CCC=CCC=CCC=CCCCCC)OC(=O)CCCC=CCC=CCC=CCC=CCCCCC. The molecule has 0 saturated carbocycles. The predicted molar refractivity (Wildman–Crippen MR) is 436 cm³/mol. The average molecular weight is 1520 g/mol. The van der Waals surface area contributed by atoms with Crippen molar-refractivity contribution in [3.8, 4) is 0 Å². The van der Waals surface area contributed by atoms with Crippen molar-refractivity contribution in [2.45, 2.75) is 316 Å². The third kappa shape index (κ3) is 76.6. The zero-order valence-electron chi connectivity index (χ0n) is 65.8. The third-order valence-corrected chi connectivity index (χ3v) is 18.0. The minimum Gasteiger partial charge on any atom is -0.462 e. The second-order valence-corrected chi connectivity index (χ2v) is 29.2. The molecule has 106 heavy (non-hydrogen) atoms. The molecule has 0 fully saturated rings. The largest absolute Gasteiger partial charge is 0.472 e. The summed E-state index contributed by atoms with van der Waals surface area (Å²) in [6.07, 6.45) is 92.1. The van der Waals surface area contributed by atoms with Crippen molar-refractivity contribution in [1.82, 2.24) is 0 Å². The number of phosphoric ester groups is 2.